The number of thiazole rings is 1. The highest BCUT2D eigenvalue weighted by molar-refractivity contribution is 7.13. The van der Waals surface area contributed by atoms with E-state index in [1.165, 1.54) is 23.5 Å². The fraction of sp³-hybridized carbons (Fsp3) is 0.111. The predicted molar refractivity (Wildman–Crippen MR) is 93.1 cm³/mol. The number of ether oxygens (including phenoxy) is 1. The molecule has 0 radical (unpaired) electrons. The van der Waals surface area contributed by atoms with Crippen molar-refractivity contribution >= 4 is 22.9 Å². The second-order valence-corrected chi connectivity index (χ2v) is 5.79. The highest BCUT2D eigenvalue weighted by Gasteiger charge is 2.14. The van der Waals surface area contributed by atoms with Crippen LogP contribution in [0.2, 0.25) is 0 Å². The lowest BCUT2D eigenvalue weighted by Gasteiger charge is -2.10. The van der Waals surface area contributed by atoms with E-state index < -0.39 is 0 Å². The van der Waals surface area contributed by atoms with Gasteiger partial charge in [-0.15, -0.1) is 11.3 Å². The van der Waals surface area contributed by atoms with E-state index in [9.17, 15) is 9.18 Å². The molecule has 0 fully saturated rings. The summed E-state index contributed by atoms with van der Waals surface area (Å²) in [5.74, 6) is -0.00472. The van der Waals surface area contributed by atoms with Crippen molar-refractivity contribution in [2.24, 2.45) is 0 Å². The number of carbonyl (C=O) groups is 1. The minimum atomic E-state index is -0.313. The molecule has 1 amide bonds. The third-order valence-corrected chi connectivity index (χ3v) is 4.15. The highest BCUT2D eigenvalue weighted by atomic mass is 32.1. The number of amides is 1. The van der Waals surface area contributed by atoms with Crippen LogP contribution in [0.3, 0.4) is 0 Å². The number of para-hydroxylation sites is 2. The van der Waals surface area contributed by atoms with Gasteiger partial charge in [0.1, 0.15) is 22.3 Å². The van der Waals surface area contributed by atoms with Gasteiger partial charge in [-0.25, -0.2) is 9.37 Å². The molecule has 3 rings (SSSR count). The van der Waals surface area contributed by atoms with Gasteiger partial charge in [0.05, 0.1) is 12.3 Å². The molecule has 0 unspecified atom stereocenters. The Kier molecular flexibility index (Phi) is 4.86. The number of hydrogen-bond donors (Lipinski definition) is 1. The van der Waals surface area contributed by atoms with E-state index in [4.69, 9.17) is 4.74 Å². The van der Waals surface area contributed by atoms with Crippen LogP contribution in [-0.4, -0.2) is 17.5 Å². The van der Waals surface area contributed by atoms with E-state index in [0.717, 1.165) is 5.56 Å². The smallest absolute Gasteiger partial charge is 0.275 e. The minimum Gasteiger partial charge on any atom is -0.492 e. The molecular formula is C18H15FN2O2S. The largest absolute Gasteiger partial charge is 0.492 e. The average Bonchev–Trinajstić information content (AvgIpc) is 3.08. The summed E-state index contributed by atoms with van der Waals surface area (Å²) in [7, 11) is 0. The van der Waals surface area contributed by atoms with Gasteiger partial charge in [-0.05, 0) is 43.3 Å². The molecule has 0 aliphatic carbocycles. The Morgan fingerprint density at radius 1 is 1.21 bits per heavy atom. The van der Waals surface area contributed by atoms with Gasteiger partial charge in [-0.1, -0.05) is 12.1 Å². The van der Waals surface area contributed by atoms with Crippen molar-refractivity contribution < 1.29 is 13.9 Å². The van der Waals surface area contributed by atoms with Crippen LogP contribution in [0.4, 0.5) is 10.1 Å². The van der Waals surface area contributed by atoms with Gasteiger partial charge in [0.2, 0.25) is 0 Å². The predicted octanol–water partition coefficient (Wildman–Crippen LogP) is 4.60. The van der Waals surface area contributed by atoms with Gasteiger partial charge in [0.15, 0.2) is 0 Å². The van der Waals surface area contributed by atoms with Crippen molar-refractivity contribution in [1.29, 1.82) is 0 Å². The maximum Gasteiger partial charge on any atom is 0.275 e. The van der Waals surface area contributed by atoms with Gasteiger partial charge >= 0.3 is 0 Å². The topological polar surface area (TPSA) is 51.2 Å². The molecule has 0 saturated carbocycles. The van der Waals surface area contributed by atoms with E-state index in [0.29, 0.717) is 28.7 Å². The molecule has 0 saturated heterocycles. The molecule has 24 heavy (non-hydrogen) atoms. The normalized spacial score (nSPS) is 10.4. The Hall–Kier alpha value is -2.73. The van der Waals surface area contributed by atoms with E-state index >= 15 is 0 Å². The Morgan fingerprint density at radius 3 is 2.71 bits per heavy atom. The SMILES string of the molecule is CCOc1ccccc1NC(=O)c1csc(-c2ccc(F)cc2)n1. The maximum atomic E-state index is 13.0. The van der Waals surface area contributed by atoms with Gasteiger partial charge in [-0.3, -0.25) is 4.79 Å². The van der Waals surface area contributed by atoms with Gasteiger partial charge < -0.3 is 10.1 Å². The van der Waals surface area contributed by atoms with Crippen molar-refractivity contribution in [1.82, 2.24) is 4.98 Å². The molecule has 0 spiro atoms. The number of hydrogen-bond acceptors (Lipinski definition) is 4. The molecule has 1 heterocycles. The molecule has 6 heteroatoms. The molecule has 2 aromatic carbocycles. The number of halogens is 1. The molecule has 3 aromatic rings. The minimum absolute atomic E-state index is 0.305. The van der Waals surface area contributed by atoms with Crippen LogP contribution >= 0.6 is 11.3 Å². The molecule has 1 N–H and O–H groups in total. The summed E-state index contributed by atoms with van der Waals surface area (Å²) >= 11 is 1.34. The summed E-state index contributed by atoms with van der Waals surface area (Å²) in [6.07, 6.45) is 0. The van der Waals surface area contributed by atoms with Gasteiger partial charge in [0.25, 0.3) is 5.91 Å². The van der Waals surface area contributed by atoms with E-state index in [2.05, 4.69) is 10.3 Å². The van der Waals surface area contributed by atoms with Crippen molar-refractivity contribution in [2.75, 3.05) is 11.9 Å². The molecule has 0 aliphatic rings. The number of rotatable bonds is 5. The van der Waals surface area contributed by atoms with Gasteiger partial charge in [-0.2, -0.15) is 0 Å². The molecule has 122 valence electrons. The quantitative estimate of drug-likeness (QED) is 0.737. The zero-order valence-electron chi connectivity index (χ0n) is 13.0. The number of benzene rings is 2. The Labute approximate surface area is 142 Å². The number of anilines is 1. The van der Waals surface area contributed by atoms with Crippen LogP contribution in [0.1, 0.15) is 17.4 Å². The first-order valence-electron chi connectivity index (χ1n) is 7.42. The average molecular weight is 342 g/mol. The zero-order valence-corrected chi connectivity index (χ0v) is 13.8. The Bertz CT molecular complexity index is 846. The van der Waals surface area contributed by atoms with E-state index in [1.807, 2.05) is 19.1 Å². The lowest BCUT2D eigenvalue weighted by molar-refractivity contribution is 0.102. The van der Waals surface area contributed by atoms with Crippen molar-refractivity contribution in [2.45, 2.75) is 6.92 Å². The standard InChI is InChI=1S/C18H15FN2O2S/c1-2-23-16-6-4-3-5-14(16)20-17(22)15-11-24-18(21-15)12-7-9-13(19)10-8-12/h3-11H,2H2,1H3,(H,20,22). The van der Waals surface area contributed by atoms with Crippen LogP contribution < -0.4 is 10.1 Å². The number of aromatic nitrogens is 1. The first kappa shape index (κ1) is 16.1. The van der Waals surface area contributed by atoms with Crippen LogP contribution in [0.5, 0.6) is 5.75 Å². The fourth-order valence-corrected chi connectivity index (χ4v) is 2.95. The molecule has 1 aromatic heterocycles. The Morgan fingerprint density at radius 2 is 1.96 bits per heavy atom. The molecule has 0 bridgehead atoms. The van der Waals surface area contributed by atoms with Crippen molar-refractivity contribution in [3.8, 4) is 16.3 Å². The first-order chi connectivity index (χ1) is 11.7. The van der Waals surface area contributed by atoms with Crippen LogP contribution in [0.15, 0.2) is 53.9 Å². The third kappa shape index (κ3) is 3.60. The summed E-state index contributed by atoms with van der Waals surface area (Å²) < 4.78 is 18.5. The number of carbonyl (C=O) groups excluding carboxylic acids is 1. The van der Waals surface area contributed by atoms with Crippen molar-refractivity contribution in [3.05, 3.63) is 65.4 Å². The molecule has 0 aliphatic heterocycles. The Balaban J connectivity index is 1.78. The van der Waals surface area contributed by atoms with Crippen LogP contribution in [0, 0.1) is 5.82 Å². The second-order valence-electron chi connectivity index (χ2n) is 4.93. The third-order valence-electron chi connectivity index (χ3n) is 3.26. The van der Waals surface area contributed by atoms with Crippen LogP contribution in [-0.2, 0) is 0 Å². The summed E-state index contributed by atoms with van der Waals surface area (Å²) in [5.41, 5.74) is 1.68. The lowest BCUT2D eigenvalue weighted by atomic mass is 10.2. The first-order valence-corrected chi connectivity index (χ1v) is 8.30. The molecular weight excluding hydrogens is 327 g/mol. The van der Waals surface area contributed by atoms with Crippen molar-refractivity contribution in [3.63, 3.8) is 0 Å². The molecule has 4 nitrogen and oxygen atoms in total. The number of nitrogens with zero attached hydrogens (tertiary/aromatic N) is 1. The summed E-state index contributed by atoms with van der Waals surface area (Å²) in [5, 5.41) is 5.15. The summed E-state index contributed by atoms with van der Waals surface area (Å²) in [6.45, 7) is 2.40. The van der Waals surface area contributed by atoms with Crippen LogP contribution in [0.25, 0.3) is 10.6 Å². The highest BCUT2D eigenvalue weighted by Crippen LogP contribution is 2.26. The lowest BCUT2D eigenvalue weighted by Crippen LogP contribution is -2.13. The monoisotopic (exact) mass is 342 g/mol. The summed E-state index contributed by atoms with van der Waals surface area (Å²) in [6, 6.07) is 13.3. The van der Waals surface area contributed by atoms with Gasteiger partial charge in [0, 0.05) is 10.9 Å². The molecule has 0 atom stereocenters. The number of nitrogens with one attached hydrogen (secondary N) is 1. The second kappa shape index (κ2) is 7.23. The fourth-order valence-electron chi connectivity index (χ4n) is 2.14. The maximum absolute atomic E-state index is 13.0. The van der Waals surface area contributed by atoms with E-state index in [1.54, 1.807) is 29.6 Å². The zero-order chi connectivity index (χ0) is 16.9. The summed E-state index contributed by atoms with van der Waals surface area (Å²) in [4.78, 5) is 16.7. The van der Waals surface area contributed by atoms with E-state index in [-0.39, 0.29) is 11.7 Å².